The molecule has 1 saturated carbocycles. The molecule has 1 amide bonds. The standard InChI is InChI=1S/C18H24N2O3/c1-12-7-13(5-6-15(12)20(22)23)16(21)19-11-18(4)9-14(19)8-17(2,3)10-18/h5-7,14H,8-11H2,1-4H3. The lowest BCUT2D eigenvalue weighted by atomic mass is 9.65. The number of aryl methyl sites for hydroxylation is 1. The number of benzene rings is 1. The Kier molecular flexibility index (Phi) is 3.50. The molecule has 3 rings (SSSR count). The summed E-state index contributed by atoms with van der Waals surface area (Å²) >= 11 is 0. The lowest BCUT2D eigenvalue weighted by molar-refractivity contribution is -0.385. The number of carbonyl (C=O) groups excluding carboxylic acids is 1. The van der Waals surface area contributed by atoms with Crippen LogP contribution < -0.4 is 0 Å². The van der Waals surface area contributed by atoms with Gasteiger partial charge in [-0.05, 0) is 49.1 Å². The van der Waals surface area contributed by atoms with Crippen molar-refractivity contribution in [2.45, 2.75) is 53.0 Å². The summed E-state index contributed by atoms with van der Waals surface area (Å²) < 4.78 is 0. The van der Waals surface area contributed by atoms with E-state index in [2.05, 4.69) is 20.8 Å². The van der Waals surface area contributed by atoms with Crippen LogP contribution in [0.15, 0.2) is 18.2 Å². The van der Waals surface area contributed by atoms with Crippen molar-refractivity contribution in [3.8, 4) is 0 Å². The summed E-state index contributed by atoms with van der Waals surface area (Å²) in [5, 5.41) is 10.9. The summed E-state index contributed by atoms with van der Waals surface area (Å²) in [7, 11) is 0. The van der Waals surface area contributed by atoms with Crippen molar-refractivity contribution >= 4 is 11.6 Å². The summed E-state index contributed by atoms with van der Waals surface area (Å²) in [6, 6.07) is 4.96. The summed E-state index contributed by atoms with van der Waals surface area (Å²) in [4.78, 5) is 25.5. The largest absolute Gasteiger partial charge is 0.335 e. The molecule has 1 heterocycles. The highest BCUT2D eigenvalue weighted by Crippen LogP contribution is 2.52. The number of fused-ring (bicyclic) bond motifs is 2. The third-order valence-electron chi connectivity index (χ3n) is 5.32. The molecule has 2 aliphatic rings. The van der Waals surface area contributed by atoms with Gasteiger partial charge in [-0.3, -0.25) is 14.9 Å². The molecule has 0 spiro atoms. The minimum Gasteiger partial charge on any atom is -0.335 e. The fourth-order valence-electron chi connectivity index (χ4n) is 4.86. The molecule has 2 unspecified atom stereocenters. The van der Waals surface area contributed by atoms with Gasteiger partial charge in [0, 0.05) is 29.8 Å². The maximum atomic E-state index is 12.9. The average molecular weight is 316 g/mol. The second-order valence-corrected chi connectivity index (χ2v) is 8.41. The van der Waals surface area contributed by atoms with Crippen LogP contribution in [-0.4, -0.2) is 28.3 Å². The van der Waals surface area contributed by atoms with E-state index in [0.29, 0.717) is 11.1 Å². The first-order valence-electron chi connectivity index (χ1n) is 8.16. The number of nitro groups is 1. The lowest BCUT2D eigenvalue weighted by Crippen LogP contribution is -2.37. The molecule has 124 valence electrons. The van der Waals surface area contributed by atoms with Gasteiger partial charge in [0.2, 0.25) is 0 Å². The smallest absolute Gasteiger partial charge is 0.272 e. The molecular weight excluding hydrogens is 292 g/mol. The van der Waals surface area contributed by atoms with Gasteiger partial charge in [0.1, 0.15) is 0 Å². The lowest BCUT2D eigenvalue weighted by Gasteiger charge is -2.39. The first kappa shape index (κ1) is 16.0. The highest BCUT2D eigenvalue weighted by atomic mass is 16.6. The SMILES string of the molecule is Cc1cc(C(=O)N2CC3(C)CC2CC(C)(C)C3)ccc1[N+](=O)[O-]. The quantitative estimate of drug-likeness (QED) is 0.613. The average Bonchev–Trinajstić information content (AvgIpc) is 2.66. The van der Waals surface area contributed by atoms with Gasteiger partial charge in [0.25, 0.3) is 11.6 Å². The maximum Gasteiger partial charge on any atom is 0.272 e. The summed E-state index contributed by atoms with van der Waals surface area (Å²) in [6.07, 6.45) is 3.23. The second-order valence-electron chi connectivity index (χ2n) is 8.41. The number of nitro benzene ring substituents is 1. The number of rotatable bonds is 2. The molecule has 1 saturated heterocycles. The van der Waals surface area contributed by atoms with E-state index in [9.17, 15) is 14.9 Å². The minimum absolute atomic E-state index is 0.00872. The highest BCUT2D eigenvalue weighted by Gasteiger charge is 2.51. The number of nitrogens with zero attached hydrogens (tertiary/aromatic N) is 2. The molecule has 1 aromatic rings. The van der Waals surface area contributed by atoms with Gasteiger partial charge in [-0.15, -0.1) is 0 Å². The summed E-state index contributed by atoms with van der Waals surface area (Å²) in [5.41, 5.74) is 1.61. The Morgan fingerprint density at radius 2 is 2.00 bits per heavy atom. The van der Waals surface area contributed by atoms with Gasteiger partial charge in [-0.2, -0.15) is 0 Å². The van der Waals surface area contributed by atoms with Crippen LogP contribution in [-0.2, 0) is 0 Å². The fourth-order valence-corrected chi connectivity index (χ4v) is 4.86. The number of likely N-dealkylation sites (tertiary alicyclic amines) is 1. The van der Waals surface area contributed by atoms with Crippen LogP contribution >= 0.6 is 0 Å². The number of carbonyl (C=O) groups is 1. The van der Waals surface area contributed by atoms with Gasteiger partial charge in [-0.25, -0.2) is 0 Å². The van der Waals surface area contributed by atoms with Crippen molar-refractivity contribution in [1.29, 1.82) is 0 Å². The van der Waals surface area contributed by atoms with Crippen molar-refractivity contribution in [2.24, 2.45) is 10.8 Å². The van der Waals surface area contributed by atoms with E-state index in [1.165, 1.54) is 6.07 Å². The van der Waals surface area contributed by atoms with E-state index in [1.807, 2.05) is 4.90 Å². The Balaban J connectivity index is 1.87. The van der Waals surface area contributed by atoms with Crippen LogP contribution in [0.4, 0.5) is 5.69 Å². The summed E-state index contributed by atoms with van der Waals surface area (Å²) in [5.74, 6) is 0.00872. The van der Waals surface area contributed by atoms with Crippen LogP contribution in [0.2, 0.25) is 0 Å². The van der Waals surface area contributed by atoms with Crippen molar-refractivity contribution in [3.63, 3.8) is 0 Å². The van der Waals surface area contributed by atoms with Crippen LogP contribution in [0.5, 0.6) is 0 Å². The Hall–Kier alpha value is -1.91. The van der Waals surface area contributed by atoms with E-state index in [-0.39, 0.29) is 28.5 Å². The zero-order valence-electron chi connectivity index (χ0n) is 14.3. The first-order chi connectivity index (χ1) is 10.6. The number of hydrogen-bond donors (Lipinski definition) is 0. The zero-order valence-corrected chi connectivity index (χ0v) is 14.3. The van der Waals surface area contributed by atoms with Crippen molar-refractivity contribution in [2.75, 3.05) is 6.54 Å². The van der Waals surface area contributed by atoms with E-state index in [0.717, 1.165) is 25.8 Å². The maximum absolute atomic E-state index is 12.9. The molecule has 5 nitrogen and oxygen atoms in total. The van der Waals surface area contributed by atoms with Crippen molar-refractivity contribution in [1.82, 2.24) is 4.90 Å². The predicted molar refractivity (Wildman–Crippen MR) is 88.4 cm³/mol. The normalized spacial score (nSPS) is 28.7. The molecule has 1 aliphatic heterocycles. The predicted octanol–water partition coefficient (Wildman–Crippen LogP) is 3.94. The molecule has 1 aromatic carbocycles. The van der Waals surface area contributed by atoms with E-state index in [4.69, 9.17) is 0 Å². The van der Waals surface area contributed by atoms with E-state index in [1.54, 1.807) is 19.1 Å². The van der Waals surface area contributed by atoms with Crippen LogP contribution in [0.3, 0.4) is 0 Å². The fraction of sp³-hybridized carbons (Fsp3) is 0.611. The van der Waals surface area contributed by atoms with Gasteiger partial charge < -0.3 is 4.90 Å². The topological polar surface area (TPSA) is 63.5 Å². The number of amides is 1. The second kappa shape index (κ2) is 5.05. The Labute approximate surface area is 136 Å². The van der Waals surface area contributed by atoms with Crippen LogP contribution in [0.1, 0.15) is 56.0 Å². The monoisotopic (exact) mass is 316 g/mol. The van der Waals surface area contributed by atoms with Crippen molar-refractivity contribution < 1.29 is 9.72 Å². The number of hydrogen-bond acceptors (Lipinski definition) is 3. The molecule has 2 bridgehead atoms. The third-order valence-corrected chi connectivity index (χ3v) is 5.32. The first-order valence-corrected chi connectivity index (χ1v) is 8.16. The molecule has 2 fully saturated rings. The molecule has 0 N–H and O–H groups in total. The van der Waals surface area contributed by atoms with Crippen molar-refractivity contribution in [3.05, 3.63) is 39.4 Å². The Bertz CT molecular complexity index is 683. The molecule has 2 atom stereocenters. The molecule has 23 heavy (non-hydrogen) atoms. The van der Waals surface area contributed by atoms with Crippen LogP contribution in [0.25, 0.3) is 0 Å². The third kappa shape index (κ3) is 2.84. The van der Waals surface area contributed by atoms with Crippen LogP contribution in [0, 0.1) is 27.9 Å². The van der Waals surface area contributed by atoms with E-state index < -0.39 is 4.92 Å². The van der Waals surface area contributed by atoms with E-state index >= 15 is 0 Å². The summed E-state index contributed by atoms with van der Waals surface area (Å²) in [6.45, 7) is 9.30. The zero-order chi connectivity index (χ0) is 17.0. The van der Waals surface area contributed by atoms with Gasteiger partial charge in [0.05, 0.1) is 4.92 Å². The minimum atomic E-state index is -0.407. The molecule has 0 radical (unpaired) electrons. The van der Waals surface area contributed by atoms with Gasteiger partial charge >= 0.3 is 0 Å². The Morgan fingerprint density at radius 1 is 1.30 bits per heavy atom. The van der Waals surface area contributed by atoms with Gasteiger partial charge in [-0.1, -0.05) is 20.8 Å². The molecule has 1 aliphatic carbocycles. The molecular formula is C18H24N2O3. The van der Waals surface area contributed by atoms with Gasteiger partial charge in [0.15, 0.2) is 0 Å². The molecule has 5 heteroatoms. The highest BCUT2D eigenvalue weighted by molar-refractivity contribution is 5.95. The Morgan fingerprint density at radius 3 is 2.61 bits per heavy atom. The molecule has 0 aromatic heterocycles.